The number of amides is 1. The lowest BCUT2D eigenvalue weighted by Gasteiger charge is -2.34. The van der Waals surface area contributed by atoms with Gasteiger partial charge in [-0.1, -0.05) is 30.8 Å². The van der Waals surface area contributed by atoms with Gasteiger partial charge in [-0.15, -0.1) is 0 Å². The summed E-state index contributed by atoms with van der Waals surface area (Å²) in [7, 11) is 0. The molecule has 1 fully saturated rings. The van der Waals surface area contributed by atoms with Crippen LogP contribution >= 0.6 is 0 Å². The lowest BCUT2D eigenvalue weighted by molar-refractivity contribution is 0.0126. The molecule has 1 aliphatic heterocycles. The molecule has 3 heterocycles. The van der Waals surface area contributed by atoms with Gasteiger partial charge in [0.25, 0.3) is 5.91 Å². The van der Waals surface area contributed by atoms with Crippen molar-refractivity contribution in [2.45, 2.75) is 31.7 Å². The fraction of sp³-hybridized carbons (Fsp3) is 0.259. The Hall–Kier alpha value is -4.22. The molecule has 0 spiro atoms. The molecular formula is C27H27F2N7O2. The average molecular weight is 520 g/mol. The molecule has 11 heteroatoms. The third kappa shape index (κ3) is 4.98. The van der Waals surface area contributed by atoms with Crippen molar-refractivity contribution in [3.05, 3.63) is 84.2 Å². The number of benzene rings is 2. The molecule has 5 rings (SSSR count). The van der Waals surface area contributed by atoms with Crippen LogP contribution in [0.4, 0.5) is 14.6 Å². The minimum atomic E-state index is -0.790. The van der Waals surface area contributed by atoms with Crippen LogP contribution in [0.2, 0.25) is 0 Å². The first-order chi connectivity index (χ1) is 18.4. The first-order valence-electron chi connectivity index (χ1n) is 12.2. The van der Waals surface area contributed by atoms with Gasteiger partial charge in [-0.2, -0.15) is 5.10 Å². The second-order valence-corrected chi connectivity index (χ2v) is 9.19. The van der Waals surface area contributed by atoms with Gasteiger partial charge in [-0.25, -0.2) is 23.4 Å². The fourth-order valence-electron chi connectivity index (χ4n) is 4.75. The Kier molecular flexibility index (Phi) is 7.12. The number of fused-ring (bicyclic) bond motifs is 1. The standard InChI is InChI=1S/C27H27F2N7O2/c1-2-22(37)35-11-3-4-19(14-35)36-26-23(25(30)32-15-33-26)24(34-36)17-7-5-16(6-8-17)13-31-27(38)20-12-18(28)9-10-21(20)29/h2,5-10,12,15,19,22,37H,1,3-4,11,13-14H2,(H,31,38)(H2,30,32,33). The second-order valence-electron chi connectivity index (χ2n) is 9.19. The van der Waals surface area contributed by atoms with E-state index in [1.807, 2.05) is 33.8 Å². The molecule has 38 heavy (non-hydrogen) atoms. The molecule has 2 atom stereocenters. The molecule has 4 aromatic rings. The van der Waals surface area contributed by atoms with Gasteiger partial charge >= 0.3 is 0 Å². The number of aliphatic hydroxyl groups is 1. The highest BCUT2D eigenvalue weighted by Crippen LogP contribution is 2.34. The lowest BCUT2D eigenvalue weighted by atomic mass is 10.1. The van der Waals surface area contributed by atoms with Crippen LogP contribution in [-0.2, 0) is 6.54 Å². The Morgan fingerprint density at radius 3 is 2.79 bits per heavy atom. The van der Waals surface area contributed by atoms with Gasteiger partial charge < -0.3 is 16.2 Å². The minimum absolute atomic E-state index is 0.0263. The number of nitrogens with two attached hydrogens (primary N) is 1. The number of carbonyl (C=O) groups excluding carboxylic acids is 1. The Morgan fingerprint density at radius 1 is 1.24 bits per heavy atom. The predicted octanol–water partition coefficient (Wildman–Crippen LogP) is 3.43. The molecule has 2 aromatic heterocycles. The van der Waals surface area contributed by atoms with Gasteiger partial charge in [0, 0.05) is 25.2 Å². The van der Waals surface area contributed by atoms with E-state index in [9.17, 15) is 18.7 Å². The van der Waals surface area contributed by atoms with Crippen LogP contribution in [0.25, 0.3) is 22.3 Å². The van der Waals surface area contributed by atoms with Crippen molar-refractivity contribution >= 4 is 22.8 Å². The van der Waals surface area contributed by atoms with Crippen molar-refractivity contribution in [1.82, 2.24) is 30.0 Å². The van der Waals surface area contributed by atoms with Crippen LogP contribution in [0.5, 0.6) is 0 Å². The summed E-state index contributed by atoms with van der Waals surface area (Å²) >= 11 is 0. The first kappa shape index (κ1) is 25.4. The molecule has 2 unspecified atom stereocenters. The van der Waals surface area contributed by atoms with E-state index in [0.29, 0.717) is 29.1 Å². The molecule has 2 aromatic carbocycles. The number of piperidine rings is 1. The number of rotatable bonds is 7. The zero-order valence-corrected chi connectivity index (χ0v) is 20.5. The molecule has 0 bridgehead atoms. The summed E-state index contributed by atoms with van der Waals surface area (Å²) in [5.74, 6) is -1.87. The van der Waals surface area contributed by atoms with Crippen LogP contribution in [0.3, 0.4) is 0 Å². The fourth-order valence-corrected chi connectivity index (χ4v) is 4.75. The quantitative estimate of drug-likeness (QED) is 0.320. The molecule has 0 radical (unpaired) electrons. The molecule has 1 saturated heterocycles. The summed E-state index contributed by atoms with van der Waals surface area (Å²) in [6, 6.07) is 10.0. The Morgan fingerprint density at radius 2 is 2.03 bits per heavy atom. The largest absolute Gasteiger partial charge is 0.383 e. The minimum Gasteiger partial charge on any atom is -0.383 e. The highest BCUT2D eigenvalue weighted by atomic mass is 19.1. The van der Waals surface area contributed by atoms with E-state index in [4.69, 9.17) is 10.8 Å². The van der Waals surface area contributed by atoms with Gasteiger partial charge in [-0.3, -0.25) is 9.69 Å². The normalized spacial score (nSPS) is 16.9. The van der Waals surface area contributed by atoms with Gasteiger partial charge in [0.2, 0.25) is 0 Å². The number of nitrogen functional groups attached to an aromatic ring is 1. The molecular weight excluding hydrogens is 492 g/mol. The molecule has 1 aliphatic rings. The number of nitrogens with zero attached hydrogens (tertiary/aromatic N) is 5. The molecule has 0 saturated carbocycles. The van der Waals surface area contributed by atoms with Crippen molar-refractivity contribution in [2.75, 3.05) is 18.8 Å². The van der Waals surface area contributed by atoms with E-state index in [2.05, 4.69) is 21.9 Å². The number of hydrogen-bond donors (Lipinski definition) is 3. The summed E-state index contributed by atoms with van der Waals surface area (Å²) in [6.07, 6.45) is 3.93. The van der Waals surface area contributed by atoms with E-state index in [1.165, 1.54) is 12.4 Å². The number of carbonyl (C=O) groups is 1. The van der Waals surface area contributed by atoms with Gasteiger partial charge in [0.05, 0.1) is 17.0 Å². The van der Waals surface area contributed by atoms with Gasteiger partial charge in [0.1, 0.15) is 35.7 Å². The van der Waals surface area contributed by atoms with Gasteiger partial charge in [0.15, 0.2) is 5.65 Å². The number of aliphatic hydroxyl groups excluding tert-OH is 1. The van der Waals surface area contributed by atoms with Crippen molar-refractivity contribution in [3.63, 3.8) is 0 Å². The number of aromatic nitrogens is 4. The topological polar surface area (TPSA) is 122 Å². The first-order valence-corrected chi connectivity index (χ1v) is 12.2. The predicted molar refractivity (Wildman–Crippen MR) is 139 cm³/mol. The van der Waals surface area contributed by atoms with Gasteiger partial charge in [-0.05, 0) is 42.7 Å². The van der Waals surface area contributed by atoms with Crippen LogP contribution in [-0.4, -0.2) is 55.0 Å². The van der Waals surface area contributed by atoms with E-state index in [0.717, 1.165) is 48.7 Å². The number of nitrogens with one attached hydrogen (secondary N) is 1. The van der Waals surface area contributed by atoms with Crippen LogP contribution in [0.15, 0.2) is 61.4 Å². The third-order valence-electron chi connectivity index (χ3n) is 6.73. The van der Waals surface area contributed by atoms with Crippen LogP contribution in [0, 0.1) is 11.6 Å². The smallest absolute Gasteiger partial charge is 0.254 e. The van der Waals surface area contributed by atoms with Crippen molar-refractivity contribution in [2.24, 2.45) is 0 Å². The summed E-state index contributed by atoms with van der Waals surface area (Å²) in [6.45, 7) is 5.15. The van der Waals surface area contributed by atoms with Crippen molar-refractivity contribution < 1.29 is 18.7 Å². The van der Waals surface area contributed by atoms with E-state index >= 15 is 0 Å². The third-order valence-corrected chi connectivity index (χ3v) is 6.73. The van der Waals surface area contributed by atoms with Crippen LogP contribution in [0.1, 0.15) is 34.8 Å². The molecule has 0 aliphatic carbocycles. The lowest BCUT2D eigenvalue weighted by Crippen LogP contribution is -2.42. The summed E-state index contributed by atoms with van der Waals surface area (Å²) < 4.78 is 29.2. The summed E-state index contributed by atoms with van der Waals surface area (Å²) in [5.41, 5.74) is 8.67. The monoisotopic (exact) mass is 519 g/mol. The number of anilines is 1. The molecule has 9 nitrogen and oxygen atoms in total. The molecule has 196 valence electrons. The van der Waals surface area contributed by atoms with E-state index < -0.39 is 23.8 Å². The summed E-state index contributed by atoms with van der Waals surface area (Å²) in [5, 5.41) is 18.4. The van der Waals surface area contributed by atoms with E-state index in [1.54, 1.807) is 0 Å². The zero-order chi connectivity index (χ0) is 26.8. The van der Waals surface area contributed by atoms with Crippen LogP contribution < -0.4 is 11.1 Å². The Bertz CT molecular complexity index is 1490. The maximum absolute atomic E-state index is 13.9. The summed E-state index contributed by atoms with van der Waals surface area (Å²) in [4.78, 5) is 22.9. The highest BCUT2D eigenvalue weighted by molar-refractivity contribution is 5.98. The maximum atomic E-state index is 13.9. The number of halogens is 2. The zero-order valence-electron chi connectivity index (χ0n) is 20.5. The maximum Gasteiger partial charge on any atom is 0.254 e. The number of hydrogen-bond acceptors (Lipinski definition) is 7. The van der Waals surface area contributed by atoms with Crippen molar-refractivity contribution in [1.29, 1.82) is 0 Å². The molecule has 1 amide bonds. The second kappa shape index (κ2) is 10.6. The van der Waals surface area contributed by atoms with E-state index in [-0.39, 0.29) is 18.2 Å². The average Bonchev–Trinajstić information content (AvgIpc) is 3.34. The SMILES string of the molecule is C=CC(O)N1CCCC(n2nc(-c3ccc(CNC(=O)c4cc(F)ccc4F)cc3)c3c(N)ncnc32)C1. The Labute approximate surface area is 217 Å². The Balaban J connectivity index is 1.39. The van der Waals surface area contributed by atoms with Crippen molar-refractivity contribution in [3.8, 4) is 11.3 Å². The number of likely N-dealkylation sites (tertiary alicyclic amines) is 1. The molecule has 4 N–H and O–H groups in total. The highest BCUT2D eigenvalue weighted by Gasteiger charge is 2.28.